The van der Waals surface area contributed by atoms with E-state index in [1.165, 1.54) is 0 Å². The third-order valence-electron chi connectivity index (χ3n) is 3.68. The van der Waals surface area contributed by atoms with Crippen molar-refractivity contribution in [1.29, 1.82) is 0 Å². The lowest BCUT2D eigenvalue weighted by Gasteiger charge is -2.17. The minimum atomic E-state index is -0.0415. The maximum absolute atomic E-state index is 12.4. The van der Waals surface area contributed by atoms with Gasteiger partial charge in [-0.1, -0.05) is 66.7 Å². The summed E-state index contributed by atoms with van der Waals surface area (Å²) in [7, 11) is 1.80. The number of likely N-dealkylation sites (N-methyl/N-ethyl adjacent to an activating group) is 1. The van der Waals surface area contributed by atoms with Gasteiger partial charge in [0, 0.05) is 18.5 Å². The van der Waals surface area contributed by atoms with Gasteiger partial charge < -0.3 is 4.90 Å². The Balaban J connectivity index is 1.88. The molecule has 0 N–H and O–H groups in total. The van der Waals surface area contributed by atoms with E-state index in [0.29, 0.717) is 0 Å². The fourth-order valence-electron chi connectivity index (χ4n) is 2.46. The first-order valence-electron chi connectivity index (χ1n) is 7.24. The highest BCUT2D eigenvalue weighted by Gasteiger charge is 2.10. The van der Waals surface area contributed by atoms with Crippen LogP contribution in [0.5, 0.6) is 0 Å². The van der Waals surface area contributed by atoms with Gasteiger partial charge in [0.15, 0.2) is 0 Å². The van der Waals surface area contributed by atoms with E-state index >= 15 is 0 Å². The van der Waals surface area contributed by atoms with Gasteiger partial charge in [-0.2, -0.15) is 0 Å². The monoisotopic (exact) mass is 287 g/mol. The highest BCUT2D eigenvalue weighted by Crippen LogP contribution is 2.26. The topological polar surface area (TPSA) is 20.3 Å². The number of fused-ring (bicyclic) bond motifs is 1. The van der Waals surface area contributed by atoms with Crippen LogP contribution in [0.2, 0.25) is 0 Å². The Morgan fingerprint density at radius 3 is 2.36 bits per heavy atom. The van der Waals surface area contributed by atoms with Gasteiger partial charge in [-0.05, 0) is 23.1 Å². The van der Waals surface area contributed by atoms with E-state index < -0.39 is 0 Å². The molecule has 22 heavy (non-hydrogen) atoms. The summed E-state index contributed by atoms with van der Waals surface area (Å²) in [6, 6.07) is 23.9. The Kier molecular flexibility index (Phi) is 4.01. The predicted molar refractivity (Wildman–Crippen MR) is 92.8 cm³/mol. The number of hydrogen-bond acceptors (Lipinski definition) is 1. The molecule has 108 valence electrons. The van der Waals surface area contributed by atoms with Gasteiger partial charge in [0.1, 0.15) is 0 Å². The quantitative estimate of drug-likeness (QED) is 0.649. The van der Waals surface area contributed by atoms with E-state index in [1.54, 1.807) is 18.0 Å². The number of nitrogens with zero attached hydrogens (tertiary/aromatic N) is 1. The normalized spacial score (nSPS) is 11.0. The van der Waals surface area contributed by atoms with Crippen molar-refractivity contribution >= 4 is 28.4 Å². The lowest BCUT2D eigenvalue weighted by molar-refractivity contribution is -0.113. The van der Waals surface area contributed by atoms with Crippen LogP contribution in [-0.4, -0.2) is 13.0 Å². The summed E-state index contributed by atoms with van der Waals surface area (Å²) in [5.74, 6) is -0.0415. The van der Waals surface area contributed by atoms with Crippen LogP contribution >= 0.6 is 0 Å². The molecule has 0 aliphatic heterocycles. The molecule has 0 heterocycles. The Morgan fingerprint density at radius 1 is 0.864 bits per heavy atom. The van der Waals surface area contributed by atoms with Crippen molar-refractivity contribution in [2.45, 2.75) is 0 Å². The summed E-state index contributed by atoms with van der Waals surface area (Å²) in [5.41, 5.74) is 1.93. The molecule has 3 rings (SSSR count). The first-order valence-corrected chi connectivity index (χ1v) is 7.24. The number of rotatable bonds is 3. The number of carbonyl (C=O) groups excluding carboxylic acids is 1. The van der Waals surface area contributed by atoms with Gasteiger partial charge in [0.2, 0.25) is 0 Å². The van der Waals surface area contributed by atoms with Gasteiger partial charge in [-0.25, -0.2) is 0 Å². The van der Waals surface area contributed by atoms with E-state index in [9.17, 15) is 4.79 Å². The van der Waals surface area contributed by atoms with Crippen LogP contribution < -0.4 is 4.90 Å². The van der Waals surface area contributed by atoms with Crippen molar-refractivity contribution in [3.63, 3.8) is 0 Å². The lowest BCUT2D eigenvalue weighted by Crippen LogP contribution is -2.24. The van der Waals surface area contributed by atoms with Crippen molar-refractivity contribution in [3.8, 4) is 0 Å². The summed E-state index contributed by atoms with van der Waals surface area (Å²) in [5, 5.41) is 2.21. The number of carbonyl (C=O) groups is 1. The minimum absolute atomic E-state index is 0.0415. The summed E-state index contributed by atoms with van der Waals surface area (Å²) in [6.45, 7) is 0. The Morgan fingerprint density at radius 2 is 1.55 bits per heavy atom. The predicted octanol–water partition coefficient (Wildman–Crippen LogP) is 4.52. The molecule has 0 aromatic heterocycles. The SMILES string of the molecule is CN(C(=O)/C=C/c1ccccc1)c1cccc2ccccc12. The van der Waals surface area contributed by atoms with Crippen molar-refractivity contribution < 1.29 is 4.79 Å². The maximum atomic E-state index is 12.4. The smallest absolute Gasteiger partial charge is 0.250 e. The molecule has 0 saturated heterocycles. The van der Waals surface area contributed by atoms with Gasteiger partial charge in [-0.3, -0.25) is 4.79 Å². The molecule has 3 aromatic carbocycles. The van der Waals surface area contributed by atoms with Crippen molar-refractivity contribution in [2.75, 3.05) is 11.9 Å². The molecule has 0 fully saturated rings. The largest absolute Gasteiger partial charge is 0.311 e. The fraction of sp³-hybridized carbons (Fsp3) is 0.0500. The van der Waals surface area contributed by atoms with Crippen LogP contribution in [0.3, 0.4) is 0 Å². The zero-order chi connectivity index (χ0) is 15.4. The second-order valence-electron chi connectivity index (χ2n) is 5.14. The molecular formula is C20H17NO. The Bertz CT molecular complexity index is 816. The van der Waals surface area contributed by atoms with Crippen molar-refractivity contribution in [1.82, 2.24) is 0 Å². The third kappa shape index (κ3) is 2.91. The first kappa shape index (κ1) is 14.1. The first-order chi connectivity index (χ1) is 10.8. The number of amides is 1. The van der Waals surface area contributed by atoms with Crippen LogP contribution in [0.1, 0.15) is 5.56 Å². The lowest BCUT2D eigenvalue weighted by atomic mass is 10.1. The van der Waals surface area contributed by atoms with Gasteiger partial charge in [0.05, 0.1) is 5.69 Å². The zero-order valence-electron chi connectivity index (χ0n) is 12.4. The Labute approximate surface area is 130 Å². The third-order valence-corrected chi connectivity index (χ3v) is 3.68. The van der Waals surface area contributed by atoms with Crippen LogP contribution in [0, 0.1) is 0 Å². The number of anilines is 1. The number of benzene rings is 3. The molecule has 2 nitrogen and oxygen atoms in total. The molecule has 0 unspecified atom stereocenters. The molecule has 0 aliphatic carbocycles. The highest BCUT2D eigenvalue weighted by molar-refractivity contribution is 6.08. The molecule has 0 aliphatic rings. The van der Waals surface area contributed by atoms with Crippen LogP contribution in [-0.2, 0) is 4.79 Å². The summed E-state index contributed by atoms with van der Waals surface area (Å²) in [6.07, 6.45) is 3.45. The van der Waals surface area contributed by atoms with Gasteiger partial charge in [0.25, 0.3) is 5.91 Å². The fourth-order valence-corrected chi connectivity index (χ4v) is 2.46. The molecule has 3 aromatic rings. The molecule has 0 atom stereocenters. The zero-order valence-corrected chi connectivity index (χ0v) is 12.4. The van der Waals surface area contributed by atoms with Crippen LogP contribution in [0.25, 0.3) is 16.8 Å². The second kappa shape index (κ2) is 6.27. The van der Waals surface area contributed by atoms with Crippen molar-refractivity contribution in [2.24, 2.45) is 0 Å². The average molecular weight is 287 g/mol. The summed E-state index contributed by atoms with van der Waals surface area (Å²) in [4.78, 5) is 14.1. The minimum Gasteiger partial charge on any atom is -0.311 e. The molecule has 2 heteroatoms. The van der Waals surface area contributed by atoms with E-state index in [2.05, 4.69) is 12.1 Å². The van der Waals surface area contributed by atoms with Gasteiger partial charge in [-0.15, -0.1) is 0 Å². The van der Waals surface area contributed by atoms with E-state index in [-0.39, 0.29) is 5.91 Å². The molecule has 0 saturated carbocycles. The molecule has 1 amide bonds. The second-order valence-corrected chi connectivity index (χ2v) is 5.14. The highest BCUT2D eigenvalue weighted by atomic mass is 16.2. The van der Waals surface area contributed by atoms with E-state index in [1.807, 2.05) is 66.7 Å². The van der Waals surface area contributed by atoms with E-state index in [4.69, 9.17) is 0 Å². The number of hydrogen-bond donors (Lipinski definition) is 0. The average Bonchev–Trinajstić information content (AvgIpc) is 2.59. The van der Waals surface area contributed by atoms with Crippen molar-refractivity contribution in [3.05, 3.63) is 84.4 Å². The molecular weight excluding hydrogens is 270 g/mol. The molecule has 0 radical (unpaired) electrons. The van der Waals surface area contributed by atoms with E-state index in [0.717, 1.165) is 22.0 Å². The molecule has 0 spiro atoms. The summed E-state index contributed by atoms with van der Waals surface area (Å²) < 4.78 is 0. The van der Waals surface area contributed by atoms with Gasteiger partial charge >= 0.3 is 0 Å². The summed E-state index contributed by atoms with van der Waals surface area (Å²) >= 11 is 0. The Hall–Kier alpha value is -2.87. The van der Waals surface area contributed by atoms with Crippen LogP contribution in [0.4, 0.5) is 5.69 Å². The molecule has 0 bridgehead atoms. The maximum Gasteiger partial charge on any atom is 0.250 e. The standard InChI is InChI=1S/C20H17NO/c1-21(20(22)15-14-16-8-3-2-4-9-16)19-13-7-11-17-10-5-6-12-18(17)19/h2-15H,1H3/b15-14+. The van der Waals surface area contributed by atoms with Crippen LogP contribution in [0.15, 0.2) is 78.9 Å².